The van der Waals surface area contributed by atoms with Crippen LogP contribution >= 0.6 is 11.3 Å². The van der Waals surface area contributed by atoms with Gasteiger partial charge in [-0.25, -0.2) is 4.39 Å². The third kappa shape index (κ3) is 4.33. The molecule has 4 nitrogen and oxygen atoms in total. The van der Waals surface area contributed by atoms with Crippen molar-refractivity contribution in [3.63, 3.8) is 0 Å². The molecular formula is C25H27FN2O2S. The second-order valence-corrected chi connectivity index (χ2v) is 9.67. The first-order valence-corrected chi connectivity index (χ1v) is 11.7. The maximum absolute atomic E-state index is 13.5. The zero-order chi connectivity index (χ0) is 21.4. The fourth-order valence-electron chi connectivity index (χ4n) is 4.67. The molecule has 0 saturated carbocycles. The minimum absolute atomic E-state index is 0.173. The summed E-state index contributed by atoms with van der Waals surface area (Å²) in [5.74, 6) is 1.12. The Bertz CT molecular complexity index is 1190. The minimum Gasteiger partial charge on any atom is -0.490 e. The number of rotatable bonds is 6. The van der Waals surface area contributed by atoms with Crippen molar-refractivity contribution >= 4 is 32.3 Å². The summed E-state index contributed by atoms with van der Waals surface area (Å²) in [6.45, 7) is 4.06. The summed E-state index contributed by atoms with van der Waals surface area (Å²) in [6.07, 6.45) is 3.45. The highest BCUT2D eigenvalue weighted by atomic mass is 32.1. The topological polar surface area (TPSA) is 48.5 Å². The molecule has 1 aliphatic heterocycles. The average molecular weight is 439 g/mol. The van der Waals surface area contributed by atoms with Crippen LogP contribution in [0.2, 0.25) is 0 Å². The molecule has 1 saturated heterocycles. The number of ether oxygens (including phenoxy) is 1. The number of thiophene rings is 1. The molecule has 2 aromatic carbocycles. The Morgan fingerprint density at radius 3 is 3.03 bits per heavy atom. The average Bonchev–Trinajstić information content (AvgIpc) is 3.40. The Morgan fingerprint density at radius 1 is 1.26 bits per heavy atom. The molecule has 1 fully saturated rings. The van der Waals surface area contributed by atoms with Crippen LogP contribution in [0, 0.1) is 5.82 Å². The summed E-state index contributed by atoms with van der Waals surface area (Å²) in [5.41, 5.74) is 1.03. The maximum atomic E-state index is 13.5. The van der Waals surface area contributed by atoms with Crippen LogP contribution < -0.4 is 4.74 Å². The van der Waals surface area contributed by atoms with E-state index in [1.165, 1.54) is 10.9 Å². The number of fused-ring (bicyclic) bond motifs is 2. The number of H-pyrrole nitrogens is 1. The molecule has 3 atom stereocenters. The van der Waals surface area contributed by atoms with Crippen LogP contribution in [0.1, 0.15) is 30.6 Å². The van der Waals surface area contributed by atoms with E-state index in [9.17, 15) is 9.50 Å². The molecule has 0 unspecified atom stereocenters. The van der Waals surface area contributed by atoms with Crippen molar-refractivity contribution in [2.24, 2.45) is 0 Å². The van der Waals surface area contributed by atoms with E-state index >= 15 is 0 Å². The molecule has 2 aromatic heterocycles. The molecular weight excluding hydrogens is 411 g/mol. The van der Waals surface area contributed by atoms with Crippen LogP contribution in [0.3, 0.4) is 0 Å². The van der Waals surface area contributed by atoms with E-state index in [-0.39, 0.29) is 12.4 Å². The first-order chi connectivity index (χ1) is 15.1. The van der Waals surface area contributed by atoms with Gasteiger partial charge in [0.05, 0.1) is 0 Å². The maximum Gasteiger partial charge on any atom is 0.128 e. The summed E-state index contributed by atoms with van der Waals surface area (Å²) in [6, 6.07) is 15.5. The number of aromatic amines is 1. The van der Waals surface area contributed by atoms with Crippen molar-refractivity contribution in [1.29, 1.82) is 0 Å². The lowest BCUT2D eigenvalue weighted by molar-refractivity contribution is 0.0408. The summed E-state index contributed by atoms with van der Waals surface area (Å²) >= 11 is 1.71. The molecule has 4 aromatic rings. The van der Waals surface area contributed by atoms with Crippen molar-refractivity contribution < 1.29 is 14.2 Å². The molecule has 0 bridgehead atoms. The second kappa shape index (κ2) is 8.61. The van der Waals surface area contributed by atoms with Gasteiger partial charge in [0, 0.05) is 39.3 Å². The molecule has 1 aliphatic rings. The van der Waals surface area contributed by atoms with Gasteiger partial charge in [-0.3, -0.25) is 4.90 Å². The van der Waals surface area contributed by atoms with Crippen LogP contribution in [0.5, 0.6) is 5.75 Å². The fraction of sp³-hybridized carbons (Fsp3) is 0.360. The third-order valence-corrected chi connectivity index (χ3v) is 7.61. The predicted octanol–water partition coefficient (Wildman–Crippen LogP) is 5.53. The van der Waals surface area contributed by atoms with Crippen molar-refractivity contribution in [1.82, 2.24) is 9.88 Å². The second-order valence-electron chi connectivity index (χ2n) is 8.56. The highest BCUT2D eigenvalue weighted by Crippen LogP contribution is 2.38. The predicted molar refractivity (Wildman–Crippen MR) is 125 cm³/mol. The highest BCUT2D eigenvalue weighted by molar-refractivity contribution is 7.19. The molecule has 0 radical (unpaired) electrons. The highest BCUT2D eigenvalue weighted by Gasteiger charge is 2.28. The Balaban J connectivity index is 1.17. The quantitative estimate of drug-likeness (QED) is 0.416. The van der Waals surface area contributed by atoms with Crippen molar-refractivity contribution in [2.45, 2.75) is 37.8 Å². The zero-order valence-electron chi connectivity index (χ0n) is 17.6. The Kier molecular flexibility index (Phi) is 5.69. The lowest BCUT2D eigenvalue weighted by atomic mass is 9.90. The summed E-state index contributed by atoms with van der Waals surface area (Å²) in [5, 5.41) is 12.8. The van der Waals surface area contributed by atoms with Gasteiger partial charge in [0.25, 0.3) is 0 Å². The van der Waals surface area contributed by atoms with Crippen LogP contribution in [0.4, 0.5) is 4.39 Å². The summed E-state index contributed by atoms with van der Waals surface area (Å²) in [7, 11) is 0. The zero-order valence-corrected chi connectivity index (χ0v) is 18.4. The number of piperidine rings is 1. The third-order valence-electron chi connectivity index (χ3n) is 6.35. The van der Waals surface area contributed by atoms with Gasteiger partial charge in [-0.15, -0.1) is 11.3 Å². The smallest absolute Gasteiger partial charge is 0.128 e. The SMILES string of the molecule is C[C@H]1C[C@@H](c2cc3ccc(F)cc3s2)CCN1C[C@H](O)COc1cccc2[nH]ccc12. The van der Waals surface area contributed by atoms with E-state index in [0.29, 0.717) is 18.5 Å². The summed E-state index contributed by atoms with van der Waals surface area (Å²) < 4.78 is 20.5. The van der Waals surface area contributed by atoms with Gasteiger partial charge in [0.2, 0.25) is 0 Å². The number of likely N-dealkylation sites (tertiary alicyclic amines) is 1. The van der Waals surface area contributed by atoms with E-state index < -0.39 is 6.10 Å². The monoisotopic (exact) mass is 438 g/mol. The van der Waals surface area contributed by atoms with Crippen molar-refractivity contribution in [3.8, 4) is 5.75 Å². The van der Waals surface area contributed by atoms with Gasteiger partial charge >= 0.3 is 0 Å². The molecule has 0 spiro atoms. The number of nitrogens with one attached hydrogen (secondary N) is 1. The van der Waals surface area contributed by atoms with E-state index in [1.54, 1.807) is 17.4 Å². The number of benzene rings is 2. The van der Waals surface area contributed by atoms with Crippen LogP contribution in [0.25, 0.3) is 21.0 Å². The number of aliphatic hydroxyl groups is 1. The number of hydrogen-bond acceptors (Lipinski definition) is 4. The van der Waals surface area contributed by atoms with Gasteiger partial charge in [-0.2, -0.15) is 0 Å². The normalized spacial score (nSPS) is 21.0. The molecule has 0 aliphatic carbocycles. The minimum atomic E-state index is -0.541. The Morgan fingerprint density at radius 2 is 2.16 bits per heavy atom. The van der Waals surface area contributed by atoms with Gasteiger partial charge in [-0.05, 0) is 74.0 Å². The molecule has 5 rings (SSSR count). The van der Waals surface area contributed by atoms with Crippen molar-refractivity contribution in [3.05, 3.63) is 65.4 Å². The van der Waals surface area contributed by atoms with Crippen LogP contribution in [-0.4, -0.2) is 46.8 Å². The molecule has 162 valence electrons. The number of β-amino-alcohol motifs (C(OH)–C–C–N with tert-alkyl or cyclic N) is 1. The first-order valence-electron chi connectivity index (χ1n) is 10.9. The molecule has 6 heteroatoms. The van der Waals surface area contributed by atoms with Gasteiger partial charge in [0.1, 0.15) is 24.3 Å². The van der Waals surface area contributed by atoms with Gasteiger partial charge in [-0.1, -0.05) is 12.1 Å². The van der Waals surface area contributed by atoms with Crippen LogP contribution in [-0.2, 0) is 0 Å². The van der Waals surface area contributed by atoms with E-state index in [4.69, 9.17) is 4.74 Å². The van der Waals surface area contributed by atoms with Gasteiger partial charge in [0.15, 0.2) is 0 Å². The Hall–Kier alpha value is -2.41. The number of aromatic nitrogens is 1. The standard InChI is InChI=1S/C25H27FN2O2S/c1-16-11-18(24-12-17-5-6-19(26)13-25(17)31-24)8-10-28(16)14-20(29)15-30-23-4-2-3-22-21(23)7-9-27-22/h2-7,9,12-13,16,18,20,27,29H,8,10-11,14-15H2,1H3/t16-,18-,20-/m0/s1. The lowest BCUT2D eigenvalue weighted by Crippen LogP contribution is -2.45. The van der Waals surface area contributed by atoms with Crippen molar-refractivity contribution in [2.75, 3.05) is 19.7 Å². The lowest BCUT2D eigenvalue weighted by Gasteiger charge is -2.38. The number of hydrogen-bond donors (Lipinski definition) is 2. The van der Waals surface area contributed by atoms with E-state index in [2.05, 4.69) is 22.9 Å². The summed E-state index contributed by atoms with van der Waals surface area (Å²) in [4.78, 5) is 6.88. The first kappa shape index (κ1) is 20.5. The van der Waals surface area contributed by atoms with E-state index in [1.807, 2.05) is 36.5 Å². The molecule has 3 heterocycles. The van der Waals surface area contributed by atoms with E-state index in [0.717, 1.165) is 46.1 Å². The molecule has 31 heavy (non-hydrogen) atoms. The Labute approximate surface area is 185 Å². The molecule has 2 N–H and O–H groups in total. The van der Waals surface area contributed by atoms with Crippen LogP contribution in [0.15, 0.2) is 54.7 Å². The number of aliphatic hydroxyl groups excluding tert-OH is 1. The number of nitrogens with zero attached hydrogens (tertiary/aromatic N) is 1. The molecule has 0 amide bonds. The fourth-order valence-corrected chi connectivity index (χ4v) is 5.91. The van der Waals surface area contributed by atoms with Gasteiger partial charge < -0.3 is 14.8 Å². The largest absolute Gasteiger partial charge is 0.490 e. The number of halogens is 1.